The van der Waals surface area contributed by atoms with Gasteiger partial charge >= 0.3 is 0 Å². The maximum atomic E-state index is 13.8. The number of carbonyl (C=O) groups is 1. The molecule has 2 aliphatic heterocycles. The molecule has 0 spiro atoms. The number of thiazole rings is 1. The van der Waals surface area contributed by atoms with Crippen LogP contribution in [0.3, 0.4) is 0 Å². The van der Waals surface area contributed by atoms with Crippen LogP contribution in [0.25, 0.3) is 10.2 Å². The Labute approximate surface area is 211 Å². The summed E-state index contributed by atoms with van der Waals surface area (Å²) in [5.41, 5.74) is 1.14. The van der Waals surface area contributed by atoms with Gasteiger partial charge in [0.1, 0.15) is 11.5 Å². The molecular formula is C24H26FN5O5S. The summed E-state index contributed by atoms with van der Waals surface area (Å²) in [6, 6.07) is 8.89. The Hall–Kier alpha value is -3.19. The third kappa shape index (κ3) is 5.31. The molecule has 1 amide bonds. The lowest BCUT2D eigenvalue weighted by atomic mass is 10.1. The van der Waals surface area contributed by atoms with Crippen molar-refractivity contribution in [2.24, 2.45) is 0 Å². The predicted octanol–water partition coefficient (Wildman–Crippen LogP) is 3.16. The number of nitro groups is 1. The molecule has 1 aromatic heterocycles. The molecule has 0 atom stereocenters. The molecule has 0 unspecified atom stereocenters. The first-order valence-corrected chi connectivity index (χ1v) is 12.6. The first kappa shape index (κ1) is 24.5. The van der Waals surface area contributed by atoms with Gasteiger partial charge in [-0.15, -0.1) is 0 Å². The Morgan fingerprint density at radius 3 is 2.53 bits per heavy atom. The Morgan fingerprint density at radius 1 is 1.08 bits per heavy atom. The number of hydrogen-bond donors (Lipinski definition) is 0. The minimum atomic E-state index is -0.458. The van der Waals surface area contributed by atoms with Crippen LogP contribution in [-0.4, -0.2) is 86.4 Å². The summed E-state index contributed by atoms with van der Waals surface area (Å²) in [6.45, 7) is 5.76. The summed E-state index contributed by atoms with van der Waals surface area (Å²) >= 11 is 1.22. The SMILES string of the molecule is O=C(c1ccc(N2CCOCC2)c([N+](=O)[O-])c1)N(CCN1CCOCC1)c1nc2ccc(F)cc2s1. The monoisotopic (exact) mass is 515 g/mol. The van der Waals surface area contributed by atoms with Crippen molar-refractivity contribution in [1.82, 2.24) is 9.88 Å². The zero-order valence-corrected chi connectivity index (χ0v) is 20.4. The maximum Gasteiger partial charge on any atom is 0.293 e. The molecule has 10 nitrogen and oxygen atoms in total. The van der Waals surface area contributed by atoms with Crippen LogP contribution < -0.4 is 9.80 Å². The minimum absolute atomic E-state index is 0.123. The average Bonchev–Trinajstić information content (AvgIpc) is 3.32. The molecule has 36 heavy (non-hydrogen) atoms. The van der Waals surface area contributed by atoms with Crippen LogP contribution in [0.4, 0.5) is 20.9 Å². The van der Waals surface area contributed by atoms with E-state index < -0.39 is 4.92 Å². The van der Waals surface area contributed by atoms with Gasteiger partial charge in [-0.25, -0.2) is 9.37 Å². The molecule has 0 bridgehead atoms. The minimum Gasteiger partial charge on any atom is -0.379 e. The van der Waals surface area contributed by atoms with Gasteiger partial charge in [-0.1, -0.05) is 11.3 Å². The molecule has 3 aromatic rings. The number of morpholine rings is 2. The van der Waals surface area contributed by atoms with E-state index in [0.717, 1.165) is 13.1 Å². The summed E-state index contributed by atoms with van der Waals surface area (Å²) in [4.78, 5) is 35.4. The fourth-order valence-corrected chi connectivity index (χ4v) is 5.40. The Kier molecular flexibility index (Phi) is 7.37. The molecule has 0 N–H and O–H groups in total. The van der Waals surface area contributed by atoms with Gasteiger partial charge in [0.25, 0.3) is 11.6 Å². The highest BCUT2D eigenvalue weighted by molar-refractivity contribution is 7.22. The second-order valence-corrected chi connectivity index (χ2v) is 9.59. The van der Waals surface area contributed by atoms with Crippen LogP contribution >= 0.6 is 11.3 Å². The van der Waals surface area contributed by atoms with E-state index in [1.807, 2.05) is 4.90 Å². The Morgan fingerprint density at radius 2 is 1.81 bits per heavy atom. The molecule has 12 heteroatoms. The number of aromatic nitrogens is 1. The Bertz CT molecular complexity index is 1260. The van der Waals surface area contributed by atoms with Gasteiger partial charge in [0.15, 0.2) is 5.13 Å². The normalized spacial score (nSPS) is 16.9. The van der Waals surface area contributed by atoms with E-state index >= 15 is 0 Å². The molecule has 2 aliphatic rings. The summed E-state index contributed by atoms with van der Waals surface area (Å²) < 4.78 is 25.2. The van der Waals surface area contributed by atoms with E-state index in [0.29, 0.717) is 73.6 Å². The van der Waals surface area contributed by atoms with E-state index in [2.05, 4.69) is 9.88 Å². The Balaban J connectivity index is 1.46. The molecule has 2 aromatic carbocycles. The van der Waals surface area contributed by atoms with Crippen molar-refractivity contribution in [1.29, 1.82) is 0 Å². The predicted molar refractivity (Wildman–Crippen MR) is 135 cm³/mol. The fraction of sp³-hybridized carbons (Fsp3) is 0.417. The van der Waals surface area contributed by atoms with Crippen molar-refractivity contribution in [2.75, 3.05) is 75.5 Å². The van der Waals surface area contributed by atoms with Crippen molar-refractivity contribution in [2.45, 2.75) is 0 Å². The van der Waals surface area contributed by atoms with Crippen molar-refractivity contribution in [3.8, 4) is 0 Å². The third-order valence-electron chi connectivity index (χ3n) is 6.33. The summed E-state index contributed by atoms with van der Waals surface area (Å²) in [5, 5.41) is 12.3. The summed E-state index contributed by atoms with van der Waals surface area (Å²) in [6.07, 6.45) is 0. The number of carbonyl (C=O) groups excluding carboxylic acids is 1. The van der Waals surface area contributed by atoms with Gasteiger partial charge in [-0.3, -0.25) is 24.7 Å². The zero-order chi connectivity index (χ0) is 25.1. The number of hydrogen-bond acceptors (Lipinski definition) is 9. The number of nitrogens with zero attached hydrogens (tertiary/aromatic N) is 5. The smallest absolute Gasteiger partial charge is 0.293 e. The highest BCUT2D eigenvalue weighted by Gasteiger charge is 2.27. The third-order valence-corrected chi connectivity index (χ3v) is 7.37. The lowest BCUT2D eigenvalue weighted by Gasteiger charge is -2.30. The molecular weight excluding hydrogens is 489 g/mol. The van der Waals surface area contributed by atoms with Gasteiger partial charge in [0.05, 0.1) is 41.6 Å². The second kappa shape index (κ2) is 10.8. The molecule has 0 aliphatic carbocycles. The van der Waals surface area contributed by atoms with E-state index in [1.54, 1.807) is 18.2 Å². The first-order valence-electron chi connectivity index (χ1n) is 11.8. The number of halogens is 1. The lowest BCUT2D eigenvalue weighted by Crippen LogP contribution is -2.43. The van der Waals surface area contributed by atoms with Crippen molar-refractivity contribution in [3.63, 3.8) is 0 Å². The fourth-order valence-electron chi connectivity index (χ4n) is 4.38. The van der Waals surface area contributed by atoms with Crippen molar-refractivity contribution >= 4 is 44.0 Å². The molecule has 2 saturated heterocycles. The van der Waals surface area contributed by atoms with Gasteiger partial charge in [0, 0.05) is 50.9 Å². The first-order chi connectivity index (χ1) is 17.5. The lowest BCUT2D eigenvalue weighted by molar-refractivity contribution is -0.384. The van der Waals surface area contributed by atoms with E-state index in [9.17, 15) is 19.3 Å². The van der Waals surface area contributed by atoms with E-state index in [4.69, 9.17) is 9.47 Å². The largest absolute Gasteiger partial charge is 0.379 e. The standard InChI is InChI=1S/C24H26FN5O5S/c25-18-2-3-19-22(16-18)36-24(26-19)29(6-5-27-7-11-34-12-8-27)23(31)17-1-4-20(21(15-17)30(32)33)28-9-13-35-14-10-28/h1-4,15-16H,5-14H2. The quantitative estimate of drug-likeness (QED) is 0.349. The maximum absolute atomic E-state index is 13.8. The van der Waals surface area contributed by atoms with Crippen LogP contribution in [0.5, 0.6) is 0 Å². The highest BCUT2D eigenvalue weighted by Crippen LogP contribution is 2.33. The second-order valence-electron chi connectivity index (χ2n) is 8.58. The van der Waals surface area contributed by atoms with Crippen LogP contribution in [0.15, 0.2) is 36.4 Å². The van der Waals surface area contributed by atoms with Gasteiger partial charge in [-0.05, 0) is 30.3 Å². The van der Waals surface area contributed by atoms with Crippen LogP contribution in [0, 0.1) is 15.9 Å². The van der Waals surface area contributed by atoms with Crippen molar-refractivity contribution < 1.29 is 23.6 Å². The molecule has 2 fully saturated rings. The molecule has 3 heterocycles. The molecule has 0 saturated carbocycles. The van der Waals surface area contributed by atoms with E-state index in [-0.39, 0.29) is 23.0 Å². The molecule has 5 rings (SSSR count). The number of fused-ring (bicyclic) bond motifs is 1. The topological polar surface area (TPSA) is 101 Å². The van der Waals surface area contributed by atoms with Crippen molar-refractivity contribution in [3.05, 3.63) is 57.9 Å². The van der Waals surface area contributed by atoms with Crippen LogP contribution in [0.1, 0.15) is 10.4 Å². The highest BCUT2D eigenvalue weighted by atomic mass is 32.1. The van der Waals surface area contributed by atoms with Gasteiger partial charge < -0.3 is 14.4 Å². The summed E-state index contributed by atoms with van der Waals surface area (Å²) in [5.74, 6) is -0.766. The number of amides is 1. The van der Waals surface area contributed by atoms with E-state index in [1.165, 1.54) is 34.4 Å². The number of benzene rings is 2. The van der Waals surface area contributed by atoms with Gasteiger partial charge in [-0.2, -0.15) is 0 Å². The van der Waals surface area contributed by atoms with Crippen LogP contribution in [0.2, 0.25) is 0 Å². The summed E-state index contributed by atoms with van der Waals surface area (Å²) in [7, 11) is 0. The number of anilines is 2. The van der Waals surface area contributed by atoms with Gasteiger partial charge in [0.2, 0.25) is 0 Å². The number of rotatable bonds is 7. The molecule has 0 radical (unpaired) electrons. The van der Waals surface area contributed by atoms with Crippen LogP contribution in [-0.2, 0) is 9.47 Å². The average molecular weight is 516 g/mol. The number of ether oxygens (including phenoxy) is 2. The number of nitro benzene ring substituents is 1. The molecule has 190 valence electrons. The zero-order valence-electron chi connectivity index (χ0n) is 19.6.